The highest BCUT2D eigenvalue weighted by atomic mass is 32.2. The maximum Gasteiger partial charge on any atom is 0.213 e. The van der Waals surface area contributed by atoms with Gasteiger partial charge in [-0.3, -0.25) is 0 Å². The van der Waals surface area contributed by atoms with E-state index in [2.05, 4.69) is 28.5 Å². The van der Waals surface area contributed by atoms with Gasteiger partial charge in [0.05, 0.1) is 5.56 Å². The van der Waals surface area contributed by atoms with Crippen LogP contribution in [0.1, 0.15) is 12.5 Å². The number of hydrogen-bond donors (Lipinski definition) is 0. The summed E-state index contributed by atoms with van der Waals surface area (Å²) >= 11 is 3.07. The van der Waals surface area contributed by atoms with Gasteiger partial charge in [0.2, 0.25) is 5.16 Å². The van der Waals surface area contributed by atoms with Crippen LogP contribution in [-0.2, 0) is 7.05 Å². The third kappa shape index (κ3) is 2.66. The van der Waals surface area contributed by atoms with Crippen LogP contribution < -0.4 is 0 Å². The SMILES string of the molecule is CCSc1cccc(Sc2nnnn2C)c1C#N. The number of hydrogen-bond acceptors (Lipinski definition) is 6. The molecular formula is C11H11N5S2. The second kappa shape index (κ2) is 5.89. The van der Waals surface area contributed by atoms with Gasteiger partial charge in [-0.15, -0.1) is 16.9 Å². The van der Waals surface area contributed by atoms with E-state index in [-0.39, 0.29) is 0 Å². The van der Waals surface area contributed by atoms with Gasteiger partial charge in [0.15, 0.2) is 0 Å². The lowest BCUT2D eigenvalue weighted by atomic mass is 10.2. The summed E-state index contributed by atoms with van der Waals surface area (Å²) in [7, 11) is 1.78. The summed E-state index contributed by atoms with van der Waals surface area (Å²) in [5.41, 5.74) is 0.692. The molecule has 92 valence electrons. The summed E-state index contributed by atoms with van der Waals surface area (Å²) in [6, 6.07) is 8.09. The van der Waals surface area contributed by atoms with Crippen LogP contribution in [0.2, 0.25) is 0 Å². The first-order valence-electron chi connectivity index (χ1n) is 5.32. The van der Waals surface area contributed by atoms with Gasteiger partial charge in [0, 0.05) is 16.8 Å². The molecule has 0 saturated heterocycles. The molecule has 0 fully saturated rings. The average molecular weight is 277 g/mol. The van der Waals surface area contributed by atoms with Gasteiger partial charge < -0.3 is 0 Å². The third-order valence-corrected chi connectivity index (χ3v) is 4.21. The Morgan fingerprint density at radius 2 is 2.17 bits per heavy atom. The standard InChI is InChI=1S/C11H11N5S2/c1-3-17-9-5-4-6-10(8(9)7-12)18-11-13-14-15-16(11)2/h4-6H,3H2,1-2H3. The Hall–Kier alpha value is -1.52. The fourth-order valence-corrected chi connectivity index (χ4v) is 3.09. The number of aromatic nitrogens is 4. The summed E-state index contributed by atoms with van der Waals surface area (Å²) in [6.45, 7) is 2.07. The summed E-state index contributed by atoms with van der Waals surface area (Å²) < 4.78 is 1.59. The van der Waals surface area contributed by atoms with Gasteiger partial charge in [0.25, 0.3) is 0 Å². The second-order valence-electron chi connectivity index (χ2n) is 3.36. The van der Waals surface area contributed by atoms with Crippen molar-refractivity contribution >= 4 is 23.5 Å². The fourth-order valence-electron chi connectivity index (χ4n) is 1.39. The van der Waals surface area contributed by atoms with Crippen molar-refractivity contribution in [3.63, 3.8) is 0 Å². The second-order valence-corrected chi connectivity index (χ2v) is 5.68. The van der Waals surface area contributed by atoms with Crippen LogP contribution in [0.3, 0.4) is 0 Å². The Morgan fingerprint density at radius 1 is 1.39 bits per heavy atom. The largest absolute Gasteiger partial charge is 0.223 e. The molecule has 0 unspecified atom stereocenters. The average Bonchev–Trinajstić information content (AvgIpc) is 2.76. The van der Waals surface area contributed by atoms with Gasteiger partial charge in [-0.25, -0.2) is 4.68 Å². The van der Waals surface area contributed by atoms with Gasteiger partial charge in [-0.1, -0.05) is 13.0 Å². The van der Waals surface area contributed by atoms with Crippen molar-refractivity contribution in [3.8, 4) is 6.07 Å². The zero-order valence-electron chi connectivity index (χ0n) is 9.99. The molecule has 0 aliphatic rings. The van der Waals surface area contributed by atoms with Crippen molar-refractivity contribution in [2.75, 3.05) is 5.75 Å². The molecule has 7 heteroatoms. The van der Waals surface area contributed by atoms with E-state index in [9.17, 15) is 5.26 Å². The molecule has 1 heterocycles. The van der Waals surface area contributed by atoms with E-state index in [0.717, 1.165) is 15.5 Å². The molecule has 1 aromatic heterocycles. The predicted octanol–water partition coefficient (Wildman–Crippen LogP) is 2.34. The van der Waals surface area contributed by atoms with Crippen LogP contribution in [0.15, 0.2) is 33.1 Å². The topological polar surface area (TPSA) is 67.4 Å². The van der Waals surface area contributed by atoms with Crippen molar-refractivity contribution < 1.29 is 0 Å². The Kier molecular flexibility index (Phi) is 4.23. The summed E-state index contributed by atoms with van der Waals surface area (Å²) in [6.07, 6.45) is 0. The highest BCUT2D eigenvalue weighted by Crippen LogP contribution is 2.33. The maximum atomic E-state index is 9.29. The van der Waals surface area contributed by atoms with Crippen LogP contribution in [0.25, 0.3) is 0 Å². The minimum Gasteiger partial charge on any atom is -0.223 e. The van der Waals surface area contributed by atoms with Crippen molar-refractivity contribution in [2.45, 2.75) is 21.9 Å². The molecule has 0 amide bonds. The summed E-state index contributed by atoms with van der Waals surface area (Å²) in [5, 5.41) is 21.2. The Morgan fingerprint density at radius 3 is 2.78 bits per heavy atom. The number of nitrogens with zero attached hydrogens (tertiary/aromatic N) is 5. The fraction of sp³-hybridized carbons (Fsp3) is 0.273. The highest BCUT2D eigenvalue weighted by Gasteiger charge is 2.12. The molecule has 0 radical (unpaired) electrons. The van der Waals surface area contributed by atoms with Crippen LogP contribution in [0.4, 0.5) is 0 Å². The van der Waals surface area contributed by atoms with Crippen molar-refractivity contribution in [1.29, 1.82) is 5.26 Å². The molecule has 0 aliphatic carbocycles. The Labute approximate surface area is 114 Å². The molecule has 2 aromatic rings. The first kappa shape index (κ1) is 12.9. The number of thioether (sulfide) groups is 1. The van der Waals surface area contributed by atoms with E-state index >= 15 is 0 Å². The van der Waals surface area contributed by atoms with E-state index in [4.69, 9.17) is 0 Å². The quantitative estimate of drug-likeness (QED) is 0.799. The van der Waals surface area contributed by atoms with Crippen LogP contribution in [-0.4, -0.2) is 26.0 Å². The molecule has 0 aliphatic heterocycles. The van der Waals surface area contributed by atoms with E-state index in [1.54, 1.807) is 23.5 Å². The number of tetrazole rings is 1. The molecule has 0 atom stereocenters. The molecule has 1 aromatic carbocycles. The van der Waals surface area contributed by atoms with Crippen molar-refractivity contribution in [2.24, 2.45) is 7.05 Å². The lowest BCUT2D eigenvalue weighted by molar-refractivity contribution is 0.664. The maximum absolute atomic E-state index is 9.29. The highest BCUT2D eigenvalue weighted by molar-refractivity contribution is 8.00. The normalized spacial score (nSPS) is 10.3. The first-order chi connectivity index (χ1) is 8.76. The van der Waals surface area contributed by atoms with Gasteiger partial charge in [0.1, 0.15) is 6.07 Å². The number of rotatable bonds is 4. The van der Waals surface area contributed by atoms with Crippen LogP contribution in [0.5, 0.6) is 0 Å². The zero-order valence-corrected chi connectivity index (χ0v) is 11.6. The first-order valence-corrected chi connectivity index (χ1v) is 7.12. The van der Waals surface area contributed by atoms with Crippen molar-refractivity contribution in [3.05, 3.63) is 23.8 Å². The van der Waals surface area contributed by atoms with E-state index < -0.39 is 0 Å². The Balaban J connectivity index is 2.36. The summed E-state index contributed by atoms with van der Waals surface area (Å²) in [5.74, 6) is 0.939. The van der Waals surface area contributed by atoms with Gasteiger partial charge in [-0.05, 0) is 40.1 Å². The third-order valence-electron chi connectivity index (χ3n) is 2.18. The molecular weight excluding hydrogens is 266 g/mol. The van der Waals surface area contributed by atoms with E-state index in [1.807, 2.05) is 18.2 Å². The Bertz CT molecular complexity index is 587. The smallest absolute Gasteiger partial charge is 0.213 e. The number of nitriles is 1. The monoisotopic (exact) mass is 277 g/mol. The molecule has 0 bridgehead atoms. The zero-order chi connectivity index (χ0) is 13.0. The summed E-state index contributed by atoms with van der Waals surface area (Å²) in [4.78, 5) is 1.88. The lowest BCUT2D eigenvalue weighted by Gasteiger charge is -2.06. The molecule has 2 rings (SSSR count). The van der Waals surface area contributed by atoms with Gasteiger partial charge >= 0.3 is 0 Å². The molecule has 0 N–H and O–H groups in total. The van der Waals surface area contributed by atoms with E-state index in [1.165, 1.54) is 11.8 Å². The minimum absolute atomic E-state index is 0.671. The number of aryl methyl sites for hydroxylation is 1. The molecule has 0 saturated carbocycles. The van der Waals surface area contributed by atoms with Crippen LogP contribution >= 0.6 is 23.5 Å². The molecule has 5 nitrogen and oxygen atoms in total. The molecule has 0 spiro atoms. The van der Waals surface area contributed by atoms with Crippen molar-refractivity contribution in [1.82, 2.24) is 20.2 Å². The van der Waals surface area contributed by atoms with Gasteiger partial charge in [-0.2, -0.15) is 5.26 Å². The number of benzene rings is 1. The minimum atomic E-state index is 0.671. The lowest BCUT2D eigenvalue weighted by Crippen LogP contribution is -1.94. The van der Waals surface area contributed by atoms with E-state index in [0.29, 0.717) is 10.7 Å². The molecule has 18 heavy (non-hydrogen) atoms. The van der Waals surface area contributed by atoms with Crippen LogP contribution in [0, 0.1) is 11.3 Å². The predicted molar refractivity (Wildman–Crippen MR) is 70.5 cm³/mol.